The van der Waals surface area contributed by atoms with Crippen LogP contribution in [0.15, 0.2) is 17.5 Å². The Morgan fingerprint density at radius 1 is 1.40 bits per heavy atom. The van der Waals surface area contributed by atoms with Crippen LogP contribution in [-0.4, -0.2) is 20.7 Å². The van der Waals surface area contributed by atoms with E-state index in [0.717, 1.165) is 35.9 Å². The number of fused-ring (bicyclic) bond motifs is 1. The fraction of sp³-hybridized carbons (Fsp3) is 0.500. The van der Waals surface area contributed by atoms with E-state index in [1.54, 1.807) is 0 Å². The number of carbonyl (C=O) groups is 1. The zero-order valence-electron chi connectivity index (χ0n) is 11.5. The molecule has 1 aliphatic rings. The van der Waals surface area contributed by atoms with E-state index in [1.807, 2.05) is 24.4 Å². The average Bonchev–Trinajstić information content (AvgIpc) is 3.04. The molecule has 1 atom stereocenters. The second kappa shape index (κ2) is 5.75. The Labute approximate surface area is 122 Å². The largest absolute Gasteiger partial charge is 0.342 e. The van der Waals surface area contributed by atoms with Crippen LogP contribution >= 0.6 is 11.3 Å². The number of hydrogen-bond donors (Lipinski definition) is 1. The summed E-state index contributed by atoms with van der Waals surface area (Å²) >= 11 is 1.45. The smallest absolute Gasteiger partial charge is 0.261 e. The lowest BCUT2D eigenvalue weighted by molar-refractivity contribution is 0.0941. The van der Waals surface area contributed by atoms with Crippen LogP contribution < -0.4 is 5.32 Å². The van der Waals surface area contributed by atoms with E-state index in [4.69, 9.17) is 0 Å². The molecule has 0 saturated carbocycles. The maximum absolute atomic E-state index is 12.1. The zero-order chi connectivity index (χ0) is 13.9. The van der Waals surface area contributed by atoms with Crippen molar-refractivity contribution < 1.29 is 4.79 Å². The molecule has 1 N–H and O–H groups in total. The molecule has 0 fully saturated rings. The van der Waals surface area contributed by atoms with Gasteiger partial charge in [0.2, 0.25) is 0 Å². The van der Waals surface area contributed by atoms with E-state index >= 15 is 0 Å². The van der Waals surface area contributed by atoms with Gasteiger partial charge < -0.3 is 9.88 Å². The van der Waals surface area contributed by atoms with Crippen LogP contribution in [0.4, 0.5) is 0 Å². The first kappa shape index (κ1) is 13.3. The summed E-state index contributed by atoms with van der Waals surface area (Å²) < 4.78 is 2.17. The number of nitrogens with zero attached hydrogens (tertiary/aromatic N) is 3. The van der Waals surface area contributed by atoms with E-state index in [1.165, 1.54) is 24.2 Å². The summed E-state index contributed by atoms with van der Waals surface area (Å²) in [5, 5.41) is 13.5. The quantitative estimate of drug-likeness (QED) is 0.945. The SMILES string of the molecule is C[C@H](NC(=O)c1cccs1)c1nnc2n1CCCCC2. The van der Waals surface area contributed by atoms with Crippen LogP contribution in [0.25, 0.3) is 0 Å². The average molecular weight is 290 g/mol. The third-order valence-corrected chi connectivity index (χ3v) is 4.49. The van der Waals surface area contributed by atoms with Gasteiger partial charge in [-0.25, -0.2) is 0 Å². The van der Waals surface area contributed by atoms with Crippen molar-refractivity contribution in [2.45, 2.75) is 45.2 Å². The Hall–Kier alpha value is -1.69. The molecule has 0 spiro atoms. The van der Waals surface area contributed by atoms with Crippen molar-refractivity contribution >= 4 is 17.2 Å². The number of carbonyl (C=O) groups excluding carboxylic acids is 1. The third-order valence-electron chi connectivity index (χ3n) is 3.62. The molecule has 0 aliphatic carbocycles. The molecule has 3 heterocycles. The molecule has 5 nitrogen and oxygen atoms in total. The number of aromatic nitrogens is 3. The topological polar surface area (TPSA) is 59.8 Å². The molecular weight excluding hydrogens is 272 g/mol. The molecule has 0 radical (unpaired) electrons. The number of amides is 1. The van der Waals surface area contributed by atoms with Crippen molar-refractivity contribution in [1.82, 2.24) is 20.1 Å². The maximum atomic E-state index is 12.1. The highest BCUT2D eigenvalue weighted by molar-refractivity contribution is 7.12. The Morgan fingerprint density at radius 2 is 2.30 bits per heavy atom. The van der Waals surface area contributed by atoms with Gasteiger partial charge in [-0.05, 0) is 31.2 Å². The van der Waals surface area contributed by atoms with Crippen molar-refractivity contribution in [2.75, 3.05) is 0 Å². The molecule has 0 unspecified atom stereocenters. The van der Waals surface area contributed by atoms with Gasteiger partial charge >= 0.3 is 0 Å². The minimum atomic E-state index is -0.121. The standard InChI is InChI=1S/C14H18N4OS/c1-10(15-14(19)11-6-5-9-20-11)13-17-16-12-7-3-2-4-8-18(12)13/h5-6,9-10H,2-4,7-8H2,1H3,(H,15,19)/t10-/m0/s1. The van der Waals surface area contributed by atoms with Gasteiger partial charge in [0, 0.05) is 13.0 Å². The summed E-state index contributed by atoms with van der Waals surface area (Å²) in [5.41, 5.74) is 0. The Balaban J connectivity index is 1.76. The van der Waals surface area contributed by atoms with E-state index in [0.29, 0.717) is 0 Å². The predicted molar refractivity (Wildman–Crippen MR) is 77.8 cm³/mol. The maximum Gasteiger partial charge on any atom is 0.261 e. The van der Waals surface area contributed by atoms with E-state index < -0.39 is 0 Å². The highest BCUT2D eigenvalue weighted by Gasteiger charge is 2.21. The van der Waals surface area contributed by atoms with Crippen LogP contribution in [0, 0.1) is 0 Å². The molecule has 2 aromatic rings. The van der Waals surface area contributed by atoms with Gasteiger partial charge in [0.15, 0.2) is 5.82 Å². The number of nitrogens with one attached hydrogen (secondary N) is 1. The zero-order valence-corrected chi connectivity index (χ0v) is 12.3. The van der Waals surface area contributed by atoms with Crippen LogP contribution in [0.1, 0.15) is 53.5 Å². The second-order valence-corrected chi connectivity index (χ2v) is 6.06. The van der Waals surface area contributed by atoms with Crippen molar-refractivity contribution in [1.29, 1.82) is 0 Å². The van der Waals surface area contributed by atoms with Gasteiger partial charge in [0.05, 0.1) is 10.9 Å². The molecule has 0 bridgehead atoms. The minimum absolute atomic E-state index is 0.0431. The molecule has 1 amide bonds. The molecule has 1 aliphatic heterocycles. The summed E-state index contributed by atoms with van der Waals surface area (Å²) in [6, 6.07) is 3.59. The lowest BCUT2D eigenvalue weighted by Gasteiger charge is -2.14. The fourth-order valence-electron chi connectivity index (χ4n) is 2.57. The second-order valence-electron chi connectivity index (χ2n) is 5.11. The lowest BCUT2D eigenvalue weighted by atomic mass is 10.2. The highest BCUT2D eigenvalue weighted by Crippen LogP contribution is 2.19. The van der Waals surface area contributed by atoms with E-state index in [2.05, 4.69) is 20.1 Å². The van der Waals surface area contributed by atoms with Crippen LogP contribution in [0.2, 0.25) is 0 Å². The van der Waals surface area contributed by atoms with Gasteiger partial charge in [-0.15, -0.1) is 21.5 Å². The van der Waals surface area contributed by atoms with Crippen LogP contribution in [0.5, 0.6) is 0 Å². The summed E-state index contributed by atoms with van der Waals surface area (Å²) in [6.45, 7) is 2.92. The number of rotatable bonds is 3. The van der Waals surface area contributed by atoms with Crippen molar-refractivity contribution in [3.63, 3.8) is 0 Å². The third kappa shape index (κ3) is 2.60. The molecule has 6 heteroatoms. The highest BCUT2D eigenvalue weighted by atomic mass is 32.1. The summed E-state index contributed by atoms with van der Waals surface area (Å²) in [4.78, 5) is 12.8. The van der Waals surface area contributed by atoms with E-state index in [9.17, 15) is 4.79 Å². The Kier molecular flexibility index (Phi) is 3.82. The van der Waals surface area contributed by atoms with Gasteiger partial charge in [0.25, 0.3) is 5.91 Å². The molecule has 3 rings (SSSR count). The monoisotopic (exact) mass is 290 g/mol. The normalized spacial score (nSPS) is 16.2. The Morgan fingerprint density at radius 3 is 3.10 bits per heavy atom. The number of aryl methyl sites for hydroxylation is 1. The molecule has 0 saturated heterocycles. The van der Waals surface area contributed by atoms with Crippen molar-refractivity contribution in [3.8, 4) is 0 Å². The lowest BCUT2D eigenvalue weighted by Crippen LogP contribution is -2.28. The molecule has 106 valence electrons. The molecular formula is C14H18N4OS. The summed E-state index contributed by atoms with van der Waals surface area (Å²) in [5.74, 6) is 1.88. The fourth-order valence-corrected chi connectivity index (χ4v) is 3.19. The minimum Gasteiger partial charge on any atom is -0.342 e. The first-order valence-electron chi connectivity index (χ1n) is 7.02. The van der Waals surface area contributed by atoms with Crippen molar-refractivity contribution in [2.24, 2.45) is 0 Å². The number of thiophene rings is 1. The van der Waals surface area contributed by atoms with Crippen LogP contribution in [-0.2, 0) is 13.0 Å². The predicted octanol–water partition coefficient (Wildman–Crippen LogP) is 2.56. The first-order valence-corrected chi connectivity index (χ1v) is 7.90. The molecule has 20 heavy (non-hydrogen) atoms. The van der Waals surface area contributed by atoms with Gasteiger partial charge in [-0.2, -0.15) is 0 Å². The van der Waals surface area contributed by atoms with E-state index in [-0.39, 0.29) is 11.9 Å². The van der Waals surface area contributed by atoms with Gasteiger partial charge in [-0.3, -0.25) is 4.79 Å². The van der Waals surface area contributed by atoms with Crippen LogP contribution in [0.3, 0.4) is 0 Å². The summed E-state index contributed by atoms with van der Waals surface area (Å²) in [6.07, 6.45) is 4.55. The molecule has 2 aromatic heterocycles. The molecule has 0 aromatic carbocycles. The Bertz CT molecular complexity index is 590. The van der Waals surface area contributed by atoms with Gasteiger partial charge in [0.1, 0.15) is 5.82 Å². The first-order chi connectivity index (χ1) is 9.75. The summed E-state index contributed by atoms with van der Waals surface area (Å²) in [7, 11) is 0. The van der Waals surface area contributed by atoms with Crippen molar-refractivity contribution in [3.05, 3.63) is 34.0 Å². The number of hydrogen-bond acceptors (Lipinski definition) is 4. The van der Waals surface area contributed by atoms with Gasteiger partial charge in [-0.1, -0.05) is 12.5 Å².